The molecule has 1 aliphatic rings. The highest BCUT2D eigenvalue weighted by Crippen LogP contribution is 2.30. The Morgan fingerprint density at radius 2 is 1.17 bits per heavy atom. The van der Waals surface area contributed by atoms with Crippen molar-refractivity contribution in [3.05, 3.63) is 108 Å². The number of hydrogen-bond acceptors (Lipinski definition) is 6. The Morgan fingerprint density at radius 3 is 1.71 bits per heavy atom. The standard InChI is InChI=1S/C44H56N2O5S/c1-30(2)23-38(45-42(49)35(22-21-32-15-9-6-10-16-32)27-37(52)26-34-19-13-8-14-20-34)40(47)28-36(25-33-17-11-7-12-18-33)43(50)46-39(24-31(3)4)41(48)44(5)29-51-44/h6-20,30-31,35-36,38-39H,21-29H2,1-5H3,(H,45,49)(H,46,50)/t35?,36-,38+,39+,44-/m1/s1. The topological polar surface area (TPSA) is 105 Å². The van der Waals surface area contributed by atoms with E-state index in [9.17, 15) is 19.2 Å². The highest BCUT2D eigenvalue weighted by atomic mass is 32.1. The molecule has 1 aliphatic heterocycles. The fourth-order valence-corrected chi connectivity index (χ4v) is 7.03. The van der Waals surface area contributed by atoms with Gasteiger partial charge in [-0.3, -0.25) is 19.2 Å². The number of amides is 2. The number of rotatable bonds is 22. The number of carbonyl (C=O) groups excluding carboxylic acids is 4. The molecule has 1 saturated heterocycles. The van der Waals surface area contributed by atoms with E-state index >= 15 is 0 Å². The molecular formula is C44H56N2O5S. The maximum Gasteiger partial charge on any atom is 0.224 e. The van der Waals surface area contributed by atoms with E-state index < -0.39 is 29.5 Å². The molecule has 1 unspecified atom stereocenters. The molecule has 0 saturated carbocycles. The van der Waals surface area contributed by atoms with Crippen LogP contribution < -0.4 is 10.6 Å². The maximum atomic E-state index is 14.2. The van der Waals surface area contributed by atoms with E-state index in [-0.39, 0.29) is 41.6 Å². The van der Waals surface area contributed by atoms with Crippen molar-refractivity contribution < 1.29 is 23.9 Å². The van der Waals surface area contributed by atoms with Crippen molar-refractivity contribution in [2.75, 3.05) is 6.61 Å². The lowest BCUT2D eigenvalue weighted by Gasteiger charge is -2.27. The quantitative estimate of drug-likeness (QED) is 0.0823. The van der Waals surface area contributed by atoms with Crippen molar-refractivity contribution in [1.82, 2.24) is 10.6 Å². The van der Waals surface area contributed by atoms with Gasteiger partial charge < -0.3 is 15.4 Å². The van der Waals surface area contributed by atoms with Crippen molar-refractivity contribution in [3.63, 3.8) is 0 Å². The van der Waals surface area contributed by atoms with Gasteiger partial charge in [-0.2, -0.15) is 0 Å². The van der Waals surface area contributed by atoms with E-state index in [0.29, 0.717) is 51.6 Å². The summed E-state index contributed by atoms with van der Waals surface area (Å²) >= 11 is 5.83. The average molecular weight is 725 g/mol. The second-order valence-electron chi connectivity index (χ2n) is 15.4. The molecular weight excluding hydrogens is 669 g/mol. The smallest absolute Gasteiger partial charge is 0.224 e. The third-order valence-electron chi connectivity index (χ3n) is 9.71. The molecule has 2 N–H and O–H groups in total. The minimum atomic E-state index is -0.884. The van der Waals surface area contributed by atoms with E-state index in [0.717, 1.165) is 21.6 Å². The number of carbonyl (C=O) groups is 4. The molecule has 3 aromatic carbocycles. The molecule has 278 valence electrons. The van der Waals surface area contributed by atoms with E-state index in [2.05, 4.69) is 22.8 Å². The van der Waals surface area contributed by atoms with Gasteiger partial charge >= 0.3 is 0 Å². The Balaban J connectivity index is 1.53. The lowest BCUT2D eigenvalue weighted by Crippen LogP contribution is -2.50. The summed E-state index contributed by atoms with van der Waals surface area (Å²) in [6.45, 7) is 10.1. The number of ketones is 2. The summed E-state index contributed by atoms with van der Waals surface area (Å²) in [6.07, 6.45) is 3.47. The summed E-state index contributed by atoms with van der Waals surface area (Å²) in [6, 6.07) is 28.2. The fraction of sp³-hybridized carbons (Fsp3) is 0.477. The lowest BCUT2D eigenvalue weighted by atomic mass is 9.87. The summed E-state index contributed by atoms with van der Waals surface area (Å²) in [5.41, 5.74) is 2.26. The second-order valence-corrected chi connectivity index (χ2v) is 16.0. The molecule has 4 rings (SSSR count). The zero-order valence-corrected chi connectivity index (χ0v) is 32.3. The number of hydrogen-bond donors (Lipinski definition) is 2. The first-order valence-electron chi connectivity index (χ1n) is 18.8. The maximum absolute atomic E-state index is 14.2. The van der Waals surface area contributed by atoms with Crippen LogP contribution in [0.25, 0.3) is 0 Å². The van der Waals surface area contributed by atoms with E-state index in [4.69, 9.17) is 17.0 Å². The number of thiocarbonyl (C=S) groups is 1. The first-order valence-corrected chi connectivity index (χ1v) is 19.2. The Labute approximate surface area is 315 Å². The van der Waals surface area contributed by atoms with Crippen LogP contribution in [-0.2, 0) is 43.2 Å². The molecule has 52 heavy (non-hydrogen) atoms. The third-order valence-corrected chi connectivity index (χ3v) is 10.0. The van der Waals surface area contributed by atoms with Gasteiger partial charge in [0.05, 0.1) is 18.7 Å². The largest absolute Gasteiger partial charge is 0.361 e. The summed E-state index contributed by atoms with van der Waals surface area (Å²) < 4.78 is 5.44. The van der Waals surface area contributed by atoms with Crippen LogP contribution in [0, 0.1) is 23.7 Å². The van der Waals surface area contributed by atoms with Crippen LogP contribution in [0.15, 0.2) is 91.0 Å². The van der Waals surface area contributed by atoms with Crippen molar-refractivity contribution in [3.8, 4) is 0 Å². The molecule has 1 heterocycles. The summed E-state index contributed by atoms with van der Waals surface area (Å²) in [5.74, 6) is -1.76. The number of aryl methyl sites for hydroxylation is 1. The van der Waals surface area contributed by atoms with Gasteiger partial charge in [0.25, 0.3) is 0 Å². The highest BCUT2D eigenvalue weighted by Gasteiger charge is 2.50. The number of nitrogens with one attached hydrogen (secondary N) is 2. The summed E-state index contributed by atoms with van der Waals surface area (Å²) in [7, 11) is 0. The van der Waals surface area contributed by atoms with Gasteiger partial charge in [0, 0.05) is 24.7 Å². The minimum Gasteiger partial charge on any atom is -0.361 e. The molecule has 0 spiro atoms. The lowest BCUT2D eigenvalue weighted by molar-refractivity contribution is -0.135. The van der Waals surface area contributed by atoms with E-state index in [1.807, 2.05) is 107 Å². The molecule has 0 aromatic heterocycles. The van der Waals surface area contributed by atoms with Crippen LogP contribution in [0.2, 0.25) is 0 Å². The highest BCUT2D eigenvalue weighted by molar-refractivity contribution is 7.80. The van der Waals surface area contributed by atoms with Gasteiger partial charge in [0.15, 0.2) is 11.6 Å². The van der Waals surface area contributed by atoms with Crippen molar-refractivity contribution in [2.24, 2.45) is 23.7 Å². The van der Waals surface area contributed by atoms with Gasteiger partial charge in [-0.25, -0.2) is 0 Å². The molecule has 3 aromatic rings. The number of ether oxygens (including phenoxy) is 1. The van der Waals surface area contributed by atoms with Gasteiger partial charge in [0.1, 0.15) is 5.60 Å². The number of epoxide rings is 1. The Hall–Kier alpha value is -4.01. The Kier molecular flexibility index (Phi) is 15.5. The first-order chi connectivity index (χ1) is 24.8. The zero-order chi connectivity index (χ0) is 37.7. The molecule has 0 radical (unpaired) electrons. The van der Waals surface area contributed by atoms with Gasteiger partial charge in [-0.05, 0) is 78.8 Å². The minimum absolute atomic E-state index is 0.0736. The molecule has 7 nitrogen and oxygen atoms in total. The normalized spacial score (nSPS) is 17.5. The van der Waals surface area contributed by atoms with Crippen LogP contribution in [0.3, 0.4) is 0 Å². The number of benzene rings is 3. The van der Waals surface area contributed by atoms with Gasteiger partial charge in [0.2, 0.25) is 11.8 Å². The predicted molar refractivity (Wildman–Crippen MR) is 211 cm³/mol. The zero-order valence-electron chi connectivity index (χ0n) is 31.4. The van der Waals surface area contributed by atoms with Crippen LogP contribution in [0.4, 0.5) is 0 Å². The number of Topliss-reactive ketones (excluding diaryl/α,β-unsaturated/α-hetero) is 2. The fourth-order valence-electron chi connectivity index (χ4n) is 6.67. The van der Waals surface area contributed by atoms with Gasteiger partial charge in [-0.15, -0.1) is 0 Å². The van der Waals surface area contributed by atoms with Crippen LogP contribution in [0.1, 0.15) is 83.4 Å². The molecule has 0 aliphatic carbocycles. The molecule has 2 amide bonds. The summed E-state index contributed by atoms with van der Waals surface area (Å²) in [4.78, 5) is 56.6. The van der Waals surface area contributed by atoms with E-state index in [1.165, 1.54) is 0 Å². The SMILES string of the molecule is CC(C)C[C@H](NC(=O)C(CCc1ccccc1)CC(=S)Cc1ccccc1)C(=O)C[C@@H](Cc1ccccc1)C(=O)N[C@@H](CC(C)C)C(=O)[C@@]1(C)CO1. The van der Waals surface area contributed by atoms with Crippen molar-refractivity contribution in [1.29, 1.82) is 0 Å². The first kappa shape index (κ1) is 40.8. The van der Waals surface area contributed by atoms with Crippen molar-refractivity contribution in [2.45, 2.75) is 104 Å². The molecule has 1 fully saturated rings. The second kappa shape index (κ2) is 19.7. The molecule has 5 atom stereocenters. The van der Waals surface area contributed by atoms with Gasteiger partial charge in [-0.1, -0.05) is 131 Å². The Bertz CT molecular complexity index is 1620. The monoisotopic (exact) mass is 724 g/mol. The summed E-state index contributed by atoms with van der Waals surface area (Å²) in [5, 5.41) is 6.14. The Morgan fingerprint density at radius 1 is 0.692 bits per heavy atom. The average Bonchev–Trinajstić information content (AvgIpc) is 3.87. The third kappa shape index (κ3) is 13.2. The molecule has 0 bridgehead atoms. The van der Waals surface area contributed by atoms with Crippen LogP contribution in [0.5, 0.6) is 0 Å². The van der Waals surface area contributed by atoms with Crippen molar-refractivity contribution >= 4 is 40.5 Å². The van der Waals surface area contributed by atoms with Crippen LogP contribution >= 0.6 is 12.2 Å². The predicted octanol–water partition coefficient (Wildman–Crippen LogP) is 7.48. The molecule has 8 heteroatoms. The van der Waals surface area contributed by atoms with E-state index in [1.54, 1.807) is 6.92 Å². The van der Waals surface area contributed by atoms with Crippen LogP contribution in [-0.4, -0.2) is 52.5 Å².